The average Bonchev–Trinajstić information content (AvgIpc) is 2.48. The molecule has 0 amide bonds. The maximum Gasteiger partial charge on any atom is 0.0367 e. The molecular formula is C16H27N3. The topological polar surface area (TPSA) is 32.5 Å². The molecule has 0 radical (unpaired) electrons. The van der Waals surface area contributed by atoms with Crippen LogP contribution in [0.2, 0.25) is 0 Å². The molecule has 0 saturated carbocycles. The summed E-state index contributed by atoms with van der Waals surface area (Å²) in [6.07, 6.45) is 3.50. The summed E-state index contributed by atoms with van der Waals surface area (Å²) in [6, 6.07) is 11.1. The predicted octanol–water partition coefficient (Wildman–Crippen LogP) is 2.33. The fourth-order valence-corrected chi connectivity index (χ4v) is 2.65. The van der Waals surface area contributed by atoms with Crippen molar-refractivity contribution < 1.29 is 0 Å². The van der Waals surface area contributed by atoms with Gasteiger partial charge in [0.15, 0.2) is 0 Å². The highest BCUT2D eigenvalue weighted by molar-refractivity contribution is 5.46. The fraction of sp³-hybridized carbons (Fsp3) is 0.625. The van der Waals surface area contributed by atoms with Crippen molar-refractivity contribution in [1.82, 2.24) is 4.90 Å². The molecule has 1 aliphatic heterocycles. The molecule has 1 aromatic rings. The van der Waals surface area contributed by atoms with Crippen LogP contribution in [-0.2, 0) is 0 Å². The summed E-state index contributed by atoms with van der Waals surface area (Å²) in [7, 11) is 0. The first kappa shape index (κ1) is 14.4. The summed E-state index contributed by atoms with van der Waals surface area (Å²) in [5, 5.41) is 0. The molecular weight excluding hydrogens is 234 g/mol. The van der Waals surface area contributed by atoms with Crippen molar-refractivity contribution in [3.63, 3.8) is 0 Å². The Morgan fingerprint density at radius 2 is 1.79 bits per heavy atom. The van der Waals surface area contributed by atoms with Crippen LogP contribution < -0.4 is 10.6 Å². The van der Waals surface area contributed by atoms with Gasteiger partial charge in [0.1, 0.15) is 0 Å². The monoisotopic (exact) mass is 261 g/mol. The molecule has 1 unspecified atom stereocenters. The van der Waals surface area contributed by atoms with Crippen molar-refractivity contribution in [1.29, 1.82) is 0 Å². The molecule has 3 nitrogen and oxygen atoms in total. The Kier molecular flexibility index (Phi) is 5.67. The predicted molar refractivity (Wildman–Crippen MR) is 82.6 cm³/mol. The minimum atomic E-state index is 0.394. The molecule has 0 aromatic heterocycles. The van der Waals surface area contributed by atoms with Crippen molar-refractivity contribution in [2.75, 3.05) is 37.6 Å². The molecule has 1 aliphatic rings. The number of piperazine rings is 1. The van der Waals surface area contributed by atoms with Crippen molar-refractivity contribution >= 4 is 5.69 Å². The third-order valence-electron chi connectivity index (χ3n) is 4.07. The van der Waals surface area contributed by atoms with Gasteiger partial charge >= 0.3 is 0 Å². The number of rotatable bonds is 6. The first-order chi connectivity index (χ1) is 9.29. The van der Waals surface area contributed by atoms with E-state index in [1.807, 2.05) is 0 Å². The van der Waals surface area contributed by atoms with Crippen LogP contribution in [0.4, 0.5) is 5.69 Å². The second kappa shape index (κ2) is 7.51. The van der Waals surface area contributed by atoms with Gasteiger partial charge in [0.25, 0.3) is 0 Å². The maximum atomic E-state index is 5.96. The average molecular weight is 261 g/mol. The Labute approximate surface area is 117 Å². The normalized spacial score (nSPS) is 18.5. The SMILES string of the molecule is CCC(N)CCCN1CCN(c2ccccc2)CC1. The fourth-order valence-electron chi connectivity index (χ4n) is 2.65. The number of hydrogen-bond acceptors (Lipinski definition) is 3. The number of benzene rings is 1. The first-order valence-electron chi connectivity index (χ1n) is 7.57. The molecule has 1 fully saturated rings. The molecule has 1 heterocycles. The molecule has 1 atom stereocenters. The summed E-state index contributed by atoms with van der Waals surface area (Å²) in [6.45, 7) is 8.01. The lowest BCUT2D eigenvalue weighted by molar-refractivity contribution is 0.250. The van der Waals surface area contributed by atoms with Gasteiger partial charge in [-0.05, 0) is 37.9 Å². The van der Waals surface area contributed by atoms with E-state index in [-0.39, 0.29) is 0 Å². The Bertz CT molecular complexity index is 344. The van der Waals surface area contributed by atoms with Crippen LogP contribution in [0.3, 0.4) is 0 Å². The molecule has 1 saturated heterocycles. The van der Waals surface area contributed by atoms with Gasteiger partial charge in [0.05, 0.1) is 0 Å². The van der Waals surface area contributed by atoms with Gasteiger partial charge < -0.3 is 10.6 Å². The van der Waals surface area contributed by atoms with Crippen LogP contribution in [-0.4, -0.2) is 43.7 Å². The summed E-state index contributed by atoms with van der Waals surface area (Å²) >= 11 is 0. The Morgan fingerprint density at radius 1 is 1.11 bits per heavy atom. The summed E-state index contributed by atoms with van der Waals surface area (Å²) in [5.41, 5.74) is 7.32. The third kappa shape index (κ3) is 4.51. The highest BCUT2D eigenvalue weighted by Gasteiger charge is 2.16. The zero-order valence-electron chi connectivity index (χ0n) is 12.1. The smallest absolute Gasteiger partial charge is 0.0367 e. The molecule has 19 heavy (non-hydrogen) atoms. The summed E-state index contributed by atoms with van der Waals surface area (Å²) < 4.78 is 0. The van der Waals surface area contributed by atoms with Gasteiger partial charge in [0.2, 0.25) is 0 Å². The van der Waals surface area contributed by atoms with Crippen molar-refractivity contribution in [3.05, 3.63) is 30.3 Å². The van der Waals surface area contributed by atoms with Crippen LogP contribution >= 0.6 is 0 Å². The van der Waals surface area contributed by atoms with E-state index in [4.69, 9.17) is 5.73 Å². The second-order valence-corrected chi connectivity index (χ2v) is 5.47. The largest absolute Gasteiger partial charge is 0.369 e. The van der Waals surface area contributed by atoms with Gasteiger partial charge in [-0.1, -0.05) is 25.1 Å². The van der Waals surface area contributed by atoms with E-state index < -0.39 is 0 Å². The Balaban J connectivity index is 1.68. The zero-order chi connectivity index (χ0) is 13.5. The van der Waals surface area contributed by atoms with E-state index in [1.54, 1.807) is 0 Å². The van der Waals surface area contributed by atoms with Gasteiger partial charge in [-0.2, -0.15) is 0 Å². The van der Waals surface area contributed by atoms with Gasteiger partial charge in [-0.3, -0.25) is 4.90 Å². The summed E-state index contributed by atoms with van der Waals surface area (Å²) in [5.74, 6) is 0. The number of anilines is 1. The van der Waals surface area contributed by atoms with E-state index in [0.29, 0.717) is 6.04 Å². The van der Waals surface area contributed by atoms with Crippen molar-refractivity contribution in [2.24, 2.45) is 5.73 Å². The number of nitrogens with zero attached hydrogens (tertiary/aromatic N) is 2. The van der Waals surface area contributed by atoms with Crippen molar-refractivity contribution in [2.45, 2.75) is 32.2 Å². The lowest BCUT2D eigenvalue weighted by atomic mass is 10.1. The lowest BCUT2D eigenvalue weighted by Gasteiger charge is -2.36. The Hall–Kier alpha value is -1.06. The van der Waals surface area contributed by atoms with E-state index in [9.17, 15) is 0 Å². The van der Waals surface area contributed by atoms with Crippen LogP contribution in [0, 0.1) is 0 Å². The molecule has 3 heteroatoms. The zero-order valence-corrected chi connectivity index (χ0v) is 12.1. The molecule has 106 valence electrons. The molecule has 1 aromatic carbocycles. The van der Waals surface area contributed by atoms with Gasteiger partial charge in [-0.25, -0.2) is 0 Å². The van der Waals surface area contributed by atoms with Crippen molar-refractivity contribution in [3.8, 4) is 0 Å². The minimum absolute atomic E-state index is 0.394. The molecule has 0 spiro atoms. The number of para-hydroxylation sites is 1. The second-order valence-electron chi connectivity index (χ2n) is 5.47. The first-order valence-corrected chi connectivity index (χ1v) is 7.57. The van der Waals surface area contributed by atoms with E-state index in [0.717, 1.165) is 25.9 Å². The summed E-state index contributed by atoms with van der Waals surface area (Å²) in [4.78, 5) is 5.05. The van der Waals surface area contributed by atoms with Gasteiger partial charge in [-0.15, -0.1) is 0 Å². The molecule has 2 N–H and O–H groups in total. The third-order valence-corrected chi connectivity index (χ3v) is 4.07. The van der Waals surface area contributed by atoms with Crippen LogP contribution in [0.25, 0.3) is 0 Å². The van der Waals surface area contributed by atoms with E-state index in [2.05, 4.69) is 47.1 Å². The number of nitrogens with two attached hydrogens (primary N) is 1. The highest BCUT2D eigenvalue weighted by Crippen LogP contribution is 2.15. The number of hydrogen-bond donors (Lipinski definition) is 1. The van der Waals surface area contributed by atoms with E-state index >= 15 is 0 Å². The molecule has 2 rings (SSSR count). The lowest BCUT2D eigenvalue weighted by Crippen LogP contribution is -2.46. The highest BCUT2D eigenvalue weighted by atomic mass is 15.3. The molecule has 0 aliphatic carbocycles. The molecule has 0 bridgehead atoms. The van der Waals surface area contributed by atoms with Crippen LogP contribution in [0.15, 0.2) is 30.3 Å². The maximum absolute atomic E-state index is 5.96. The van der Waals surface area contributed by atoms with Crippen LogP contribution in [0.1, 0.15) is 26.2 Å². The van der Waals surface area contributed by atoms with Gasteiger partial charge in [0, 0.05) is 37.9 Å². The van der Waals surface area contributed by atoms with E-state index in [1.165, 1.54) is 31.7 Å². The quantitative estimate of drug-likeness (QED) is 0.853. The van der Waals surface area contributed by atoms with Crippen LogP contribution in [0.5, 0.6) is 0 Å². The minimum Gasteiger partial charge on any atom is -0.369 e. The standard InChI is InChI=1S/C16H27N3/c1-2-15(17)7-6-10-18-11-13-19(14-12-18)16-8-4-3-5-9-16/h3-5,8-9,15H,2,6-7,10-14,17H2,1H3. The Morgan fingerprint density at radius 3 is 2.42 bits per heavy atom.